The van der Waals surface area contributed by atoms with Gasteiger partial charge in [0.15, 0.2) is 0 Å². The molecule has 134 valence electrons. The lowest BCUT2D eigenvalue weighted by Crippen LogP contribution is -2.24. The number of hydrogen-bond donors (Lipinski definition) is 1. The van der Waals surface area contributed by atoms with Crippen molar-refractivity contribution in [2.24, 2.45) is 7.05 Å². The van der Waals surface area contributed by atoms with E-state index in [0.29, 0.717) is 12.6 Å². The Hall–Kier alpha value is -2.21. The van der Waals surface area contributed by atoms with Crippen molar-refractivity contribution < 1.29 is 4.79 Å². The third kappa shape index (κ3) is 3.90. The maximum Gasteiger partial charge on any atom is 0.217 e. The van der Waals surface area contributed by atoms with Gasteiger partial charge in [0, 0.05) is 44.0 Å². The quantitative estimate of drug-likeness (QED) is 0.907. The molecule has 3 rings (SSSR count). The van der Waals surface area contributed by atoms with Crippen LogP contribution in [0.1, 0.15) is 54.0 Å². The van der Waals surface area contributed by atoms with Gasteiger partial charge in [0.1, 0.15) is 0 Å². The Kier molecular flexibility index (Phi) is 5.18. The Labute approximate surface area is 149 Å². The fourth-order valence-electron chi connectivity index (χ4n) is 3.66. The molecule has 1 saturated heterocycles. The van der Waals surface area contributed by atoms with Crippen molar-refractivity contribution in [2.75, 3.05) is 6.54 Å². The lowest BCUT2D eigenvalue weighted by molar-refractivity contribution is -0.119. The van der Waals surface area contributed by atoms with Crippen LogP contribution in [0.3, 0.4) is 0 Å². The van der Waals surface area contributed by atoms with Crippen LogP contribution in [0, 0.1) is 13.8 Å². The number of carbonyl (C=O) groups excluding carboxylic acids is 1. The first-order valence-electron chi connectivity index (χ1n) is 8.88. The van der Waals surface area contributed by atoms with Crippen molar-refractivity contribution >= 4 is 5.91 Å². The van der Waals surface area contributed by atoms with E-state index in [4.69, 9.17) is 0 Å². The van der Waals surface area contributed by atoms with Crippen LogP contribution < -0.4 is 5.32 Å². The van der Waals surface area contributed by atoms with Gasteiger partial charge >= 0.3 is 0 Å². The maximum absolute atomic E-state index is 11.1. The first kappa shape index (κ1) is 17.6. The first-order chi connectivity index (χ1) is 12.0. The van der Waals surface area contributed by atoms with Crippen molar-refractivity contribution in [1.29, 1.82) is 0 Å². The number of likely N-dealkylation sites (tertiary alicyclic amines) is 1. The summed E-state index contributed by atoms with van der Waals surface area (Å²) in [5, 5.41) is 7.37. The topological polar surface area (TPSA) is 63.1 Å². The monoisotopic (exact) mass is 341 g/mol. The Morgan fingerprint density at radius 3 is 2.88 bits per heavy atom. The normalized spacial score (nSPS) is 17.8. The second-order valence-electron chi connectivity index (χ2n) is 6.89. The third-order valence-electron chi connectivity index (χ3n) is 5.13. The highest BCUT2D eigenvalue weighted by Crippen LogP contribution is 2.34. The molecular formula is C19H27N5O. The average Bonchev–Trinajstić information content (AvgIpc) is 3.14. The average molecular weight is 341 g/mol. The van der Waals surface area contributed by atoms with E-state index in [-0.39, 0.29) is 5.91 Å². The van der Waals surface area contributed by atoms with Crippen LogP contribution in [0.5, 0.6) is 0 Å². The second kappa shape index (κ2) is 7.35. The lowest BCUT2D eigenvalue weighted by Gasteiger charge is -2.25. The van der Waals surface area contributed by atoms with Crippen LogP contribution in [0.2, 0.25) is 0 Å². The van der Waals surface area contributed by atoms with Crippen molar-refractivity contribution in [3.63, 3.8) is 0 Å². The summed E-state index contributed by atoms with van der Waals surface area (Å²) in [6.07, 6.45) is 4.21. The summed E-state index contributed by atoms with van der Waals surface area (Å²) in [7, 11) is 2.00. The van der Waals surface area contributed by atoms with Gasteiger partial charge in [0.2, 0.25) is 5.91 Å². The highest BCUT2D eigenvalue weighted by atomic mass is 16.1. The minimum atomic E-state index is -0.0303. The van der Waals surface area contributed by atoms with Gasteiger partial charge in [-0.1, -0.05) is 0 Å². The van der Waals surface area contributed by atoms with Gasteiger partial charge in [-0.3, -0.25) is 19.4 Å². The molecule has 0 aliphatic carbocycles. The number of amides is 1. The second-order valence-corrected chi connectivity index (χ2v) is 6.89. The smallest absolute Gasteiger partial charge is 0.217 e. The Morgan fingerprint density at radius 1 is 1.40 bits per heavy atom. The minimum absolute atomic E-state index is 0.0303. The van der Waals surface area contributed by atoms with E-state index < -0.39 is 0 Å². The molecule has 1 amide bonds. The lowest BCUT2D eigenvalue weighted by atomic mass is 10.0. The maximum atomic E-state index is 11.1. The number of carbonyl (C=O) groups is 1. The molecule has 1 aliphatic rings. The van der Waals surface area contributed by atoms with E-state index in [1.165, 1.54) is 30.2 Å². The number of pyridine rings is 1. The molecule has 1 aliphatic heterocycles. The molecule has 0 aromatic carbocycles. The SMILES string of the molecule is CC(=O)NCc1cc(C2CCCN2Cc2c(C)nn(C)c2C)ccn1. The highest BCUT2D eigenvalue weighted by Gasteiger charge is 2.27. The van der Waals surface area contributed by atoms with Gasteiger partial charge in [-0.25, -0.2) is 0 Å². The molecule has 2 aromatic rings. The number of rotatable bonds is 5. The zero-order chi connectivity index (χ0) is 18.0. The van der Waals surface area contributed by atoms with E-state index in [0.717, 1.165) is 30.9 Å². The number of aromatic nitrogens is 3. The molecule has 1 unspecified atom stereocenters. The van der Waals surface area contributed by atoms with Crippen LogP contribution in [0.15, 0.2) is 18.3 Å². The number of nitrogens with one attached hydrogen (secondary N) is 1. The molecule has 25 heavy (non-hydrogen) atoms. The van der Waals surface area contributed by atoms with Crippen molar-refractivity contribution in [3.8, 4) is 0 Å². The molecule has 6 nitrogen and oxygen atoms in total. The predicted octanol–water partition coefficient (Wildman–Crippen LogP) is 2.41. The van der Waals surface area contributed by atoms with Gasteiger partial charge in [-0.05, 0) is 50.9 Å². The Balaban J connectivity index is 1.77. The zero-order valence-corrected chi connectivity index (χ0v) is 15.5. The minimum Gasteiger partial charge on any atom is -0.351 e. The van der Waals surface area contributed by atoms with Crippen molar-refractivity contribution in [2.45, 2.75) is 52.7 Å². The van der Waals surface area contributed by atoms with Crippen molar-refractivity contribution in [1.82, 2.24) is 25.0 Å². The molecule has 1 fully saturated rings. The molecule has 0 saturated carbocycles. The van der Waals surface area contributed by atoms with Crippen LogP contribution in [-0.2, 0) is 24.9 Å². The molecule has 1 atom stereocenters. The molecule has 0 radical (unpaired) electrons. The third-order valence-corrected chi connectivity index (χ3v) is 5.13. The molecule has 3 heterocycles. The van der Waals surface area contributed by atoms with Gasteiger partial charge in [0.05, 0.1) is 17.9 Å². The number of hydrogen-bond acceptors (Lipinski definition) is 4. The summed E-state index contributed by atoms with van der Waals surface area (Å²) >= 11 is 0. The van der Waals surface area contributed by atoms with Crippen LogP contribution in [0.4, 0.5) is 0 Å². The van der Waals surface area contributed by atoms with Gasteiger partial charge in [-0.15, -0.1) is 0 Å². The summed E-state index contributed by atoms with van der Waals surface area (Å²) < 4.78 is 1.97. The van der Waals surface area contributed by atoms with Gasteiger partial charge in [-0.2, -0.15) is 5.10 Å². The fraction of sp³-hybridized carbons (Fsp3) is 0.526. The standard InChI is InChI=1S/C19H27N5O/c1-13-18(14(2)23(4)22-13)12-24-9-5-6-19(24)16-7-8-20-17(10-16)11-21-15(3)25/h7-8,10,19H,5-6,9,11-12H2,1-4H3,(H,21,25). The number of aryl methyl sites for hydroxylation is 2. The summed E-state index contributed by atoms with van der Waals surface area (Å²) in [4.78, 5) is 18.0. The van der Waals surface area contributed by atoms with Crippen LogP contribution in [-0.4, -0.2) is 32.1 Å². The first-order valence-corrected chi connectivity index (χ1v) is 8.88. The van der Waals surface area contributed by atoms with Crippen LogP contribution >= 0.6 is 0 Å². The van der Waals surface area contributed by atoms with E-state index in [9.17, 15) is 4.79 Å². The summed E-state index contributed by atoms with van der Waals surface area (Å²) in [6, 6.07) is 4.63. The van der Waals surface area contributed by atoms with E-state index in [1.807, 2.05) is 17.9 Å². The van der Waals surface area contributed by atoms with Crippen molar-refractivity contribution in [3.05, 3.63) is 46.5 Å². The van der Waals surface area contributed by atoms with E-state index in [2.05, 4.69) is 46.3 Å². The van der Waals surface area contributed by atoms with Gasteiger partial charge in [0.25, 0.3) is 0 Å². The van der Waals surface area contributed by atoms with Crippen LogP contribution in [0.25, 0.3) is 0 Å². The number of nitrogens with zero attached hydrogens (tertiary/aromatic N) is 4. The summed E-state index contributed by atoms with van der Waals surface area (Å²) in [5.41, 5.74) is 5.89. The zero-order valence-electron chi connectivity index (χ0n) is 15.5. The molecule has 0 spiro atoms. The van der Waals surface area contributed by atoms with Gasteiger partial charge < -0.3 is 5.32 Å². The van der Waals surface area contributed by atoms with E-state index in [1.54, 1.807) is 0 Å². The summed E-state index contributed by atoms with van der Waals surface area (Å²) in [6.45, 7) is 8.27. The molecule has 6 heteroatoms. The molecule has 0 bridgehead atoms. The largest absolute Gasteiger partial charge is 0.351 e. The summed E-state index contributed by atoms with van der Waals surface area (Å²) in [5.74, 6) is -0.0303. The predicted molar refractivity (Wildman–Crippen MR) is 96.8 cm³/mol. The molecule has 2 aromatic heterocycles. The highest BCUT2D eigenvalue weighted by molar-refractivity contribution is 5.72. The Morgan fingerprint density at radius 2 is 2.20 bits per heavy atom. The Bertz CT molecular complexity index is 767. The fourth-order valence-corrected chi connectivity index (χ4v) is 3.66. The van der Waals surface area contributed by atoms with E-state index >= 15 is 0 Å². The molecule has 1 N–H and O–H groups in total. The molecular weight excluding hydrogens is 314 g/mol.